The van der Waals surface area contributed by atoms with Crippen molar-refractivity contribution in [2.45, 2.75) is 39.6 Å². The highest BCUT2D eigenvalue weighted by Gasteiger charge is 2.23. The van der Waals surface area contributed by atoms with Gasteiger partial charge in [0, 0.05) is 6.54 Å². The maximum atomic E-state index is 12.4. The molecule has 0 radical (unpaired) electrons. The molecule has 1 N–H and O–H groups in total. The number of nitrogens with one attached hydrogen (secondary N) is 1. The van der Waals surface area contributed by atoms with E-state index in [2.05, 4.69) is 5.32 Å². The molecular formula is C22H28N2O5. The van der Waals surface area contributed by atoms with Crippen molar-refractivity contribution in [2.75, 3.05) is 13.1 Å². The molecule has 2 rings (SSSR count). The normalized spacial score (nSPS) is 10.9. The fraction of sp³-hybridized carbons (Fsp3) is 0.364. The monoisotopic (exact) mass is 400 g/mol. The lowest BCUT2D eigenvalue weighted by atomic mass is 10.2. The van der Waals surface area contributed by atoms with Crippen LogP contribution >= 0.6 is 0 Å². The Kier molecular flexibility index (Phi) is 8.48. The van der Waals surface area contributed by atoms with Crippen LogP contribution in [0.3, 0.4) is 0 Å². The van der Waals surface area contributed by atoms with Gasteiger partial charge in [0.1, 0.15) is 18.8 Å². The fourth-order valence-corrected chi connectivity index (χ4v) is 2.28. The van der Waals surface area contributed by atoms with Gasteiger partial charge in [-0.2, -0.15) is 5.06 Å². The zero-order valence-corrected chi connectivity index (χ0v) is 17.1. The smallest absolute Gasteiger partial charge is 0.434 e. The van der Waals surface area contributed by atoms with Gasteiger partial charge in [-0.15, -0.1) is 0 Å². The first-order valence-corrected chi connectivity index (χ1v) is 9.45. The van der Waals surface area contributed by atoms with Gasteiger partial charge in [-0.3, -0.25) is 4.84 Å². The van der Waals surface area contributed by atoms with Crippen molar-refractivity contribution in [3.8, 4) is 0 Å². The predicted molar refractivity (Wildman–Crippen MR) is 109 cm³/mol. The molecule has 0 saturated heterocycles. The van der Waals surface area contributed by atoms with Crippen LogP contribution < -0.4 is 5.32 Å². The Morgan fingerprint density at radius 1 is 0.897 bits per heavy atom. The number of hydrogen-bond donors (Lipinski definition) is 1. The molecule has 156 valence electrons. The number of carbonyl (C=O) groups excluding carboxylic acids is 2. The van der Waals surface area contributed by atoms with E-state index in [-0.39, 0.29) is 26.3 Å². The van der Waals surface area contributed by atoms with Crippen LogP contribution in [-0.4, -0.2) is 35.9 Å². The number of ether oxygens (including phenoxy) is 2. The number of hydrogen-bond acceptors (Lipinski definition) is 5. The molecule has 0 saturated carbocycles. The number of alkyl carbamates (subject to hydrolysis) is 1. The molecule has 2 aromatic carbocycles. The first kappa shape index (κ1) is 22.2. The van der Waals surface area contributed by atoms with Crippen LogP contribution in [0.1, 0.15) is 31.9 Å². The largest absolute Gasteiger partial charge is 0.445 e. The molecule has 0 aliphatic rings. The average Bonchev–Trinajstić information content (AvgIpc) is 2.69. The van der Waals surface area contributed by atoms with Gasteiger partial charge in [0.2, 0.25) is 0 Å². The van der Waals surface area contributed by atoms with Crippen molar-refractivity contribution in [2.24, 2.45) is 0 Å². The number of benzene rings is 2. The van der Waals surface area contributed by atoms with Crippen molar-refractivity contribution >= 4 is 12.2 Å². The Hall–Kier alpha value is -3.06. The predicted octanol–water partition coefficient (Wildman–Crippen LogP) is 4.28. The molecule has 0 aliphatic carbocycles. The van der Waals surface area contributed by atoms with Crippen LogP contribution in [-0.2, 0) is 27.5 Å². The fourth-order valence-electron chi connectivity index (χ4n) is 2.28. The summed E-state index contributed by atoms with van der Waals surface area (Å²) < 4.78 is 10.5. The Bertz CT molecular complexity index is 760. The summed E-state index contributed by atoms with van der Waals surface area (Å²) in [5.74, 6) is 0. The first-order valence-electron chi connectivity index (χ1n) is 9.45. The highest BCUT2D eigenvalue weighted by atomic mass is 16.7. The Morgan fingerprint density at radius 3 is 2.00 bits per heavy atom. The van der Waals surface area contributed by atoms with Gasteiger partial charge in [-0.25, -0.2) is 9.59 Å². The second kappa shape index (κ2) is 11.1. The Labute approximate surface area is 171 Å². The quantitative estimate of drug-likeness (QED) is 0.669. The number of rotatable bonds is 8. The highest BCUT2D eigenvalue weighted by Crippen LogP contribution is 2.11. The van der Waals surface area contributed by atoms with Crippen molar-refractivity contribution in [3.63, 3.8) is 0 Å². The lowest BCUT2D eigenvalue weighted by Crippen LogP contribution is -2.41. The molecule has 29 heavy (non-hydrogen) atoms. The molecule has 0 atom stereocenters. The number of amides is 2. The highest BCUT2D eigenvalue weighted by molar-refractivity contribution is 5.68. The second-order valence-electron chi connectivity index (χ2n) is 7.33. The lowest BCUT2D eigenvalue weighted by molar-refractivity contribution is -0.155. The van der Waals surface area contributed by atoms with Gasteiger partial charge < -0.3 is 14.8 Å². The van der Waals surface area contributed by atoms with Gasteiger partial charge in [-0.05, 0) is 31.9 Å². The van der Waals surface area contributed by atoms with Crippen LogP contribution in [0.2, 0.25) is 0 Å². The van der Waals surface area contributed by atoms with Crippen LogP contribution in [0.25, 0.3) is 0 Å². The van der Waals surface area contributed by atoms with Crippen molar-refractivity contribution < 1.29 is 23.9 Å². The minimum atomic E-state index is -0.659. The summed E-state index contributed by atoms with van der Waals surface area (Å²) in [4.78, 5) is 29.9. The Balaban J connectivity index is 1.82. The van der Waals surface area contributed by atoms with Gasteiger partial charge in [-0.1, -0.05) is 60.7 Å². The van der Waals surface area contributed by atoms with E-state index in [1.165, 1.54) is 0 Å². The lowest BCUT2D eigenvalue weighted by Gasteiger charge is -2.26. The molecule has 0 bridgehead atoms. The molecule has 0 aromatic heterocycles. The van der Waals surface area contributed by atoms with E-state index in [0.717, 1.165) is 16.2 Å². The van der Waals surface area contributed by atoms with E-state index < -0.39 is 17.8 Å². The molecule has 0 aliphatic heterocycles. The SMILES string of the molecule is CC(C)(C)OC(=O)N(CCNC(=O)OCc1ccccc1)OCc1ccccc1. The molecule has 7 nitrogen and oxygen atoms in total. The van der Waals surface area contributed by atoms with E-state index in [1.807, 2.05) is 60.7 Å². The molecule has 0 fully saturated rings. The molecule has 2 aromatic rings. The molecule has 0 spiro atoms. The third-order valence-corrected chi connectivity index (χ3v) is 3.62. The van der Waals surface area contributed by atoms with Crippen LogP contribution in [0, 0.1) is 0 Å². The van der Waals surface area contributed by atoms with E-state index in [9.17, 15) is 9.59 Å². The molecular weight excluding hydrogens is 372 g/mol. The average molecular weight is 400 g/mol. The van der Waals surface area contributed by atoms with Gasteiger partial charge >= 0.3 is 12.2 Å². The van der Waals surface area contributed by atoms with Crippen LogP contribution in [0.5, 0.6) is 0 Å². The minimum absolute atomic E-state index is 0.113. The summed E-state index contributed by atoms with van der Waals surface area (Å²) in [6.07, 6.45) is -1.19. The van der Waals surface area contributed by atoms with Crippen molar-refractivity contribution in [1.29, 1.82) is 0 Å². The van der Waals surface area contributed by atoms with E-state index in [1.54, 1.807) is 20.8 Å². The van der Waals surface area contributed by atoms with Crippen LogP contribution in [0.4, 0.5) is 9.59 Å². The number of carbonyl (C=O) groups is 2. The zero-order valence-electron chi connectivity index (χ0n) is 17.1. The maximum absolute atomic E-state index is 12.4. The molecule has 7 heteroatoms. The van der Waals surface area contributed by atoms with Crippen molar-refractivity contribution in [3.05, 3.63) is 71.8 Å². The van der Waals surface area contributed by atoms with E-state index >= 15 is 0 Å². The number of hydroxylamine groups is 2. The van der Waals surface area contributed by atoms with Gasteiger partial charge in [0.05, 0.1) is 6.54 Å². The number of nitrogens with zero attached hydrogens (tertiary/aromatic N) is 1. The van der Waals surface area contributed by atoms with Crippen LogP contribution in [0.15, 0.2) is 60.7 Å². The van der Waals surface area contributed by atoms with E-state index in [0.29, 0.717) is 0 Å². The first-order chi connectivity index (χ1) is 13.8. The van der Waals surface area contributed by atoms with Gasteiger partial charge in [0.15, 0.2) is 0 Å². The summed E-state index contributed by atoms with van der Waals surface area (Å²) in [5.41, 5.74) is 1.15. The molecule has 2 amide bonds. The summed E-state index contributed by atoms with van der Waals surface area (Å²) in [7, 11) is 0. The summed E-state index contributed by atoms with van der Waals surface area (Å²) >= 11 is 0. The van der Waals surface area contributed by atoms with Gasteiger partial charge in [0.25, 0.3) is 0 Å². The van der Waals surface area contributed by atoms with Crippen molar-refractivity contribution in [1.82, 2.24) is 10.4 Å². The summed E-state index contributed by atoms with van der Waals surface area (Å²) in [6, 6.07) is 18.9. The van der Waals surface area contributed by atoms with E-state index in [4.69, 9.17) is 14.3 Å². The third kappa shape index (κ3) is 9.12. The third-order valence-electron chi connectivity index (χ3n) is 3.62. The molecule has 0 heterocycles. The Morgan fingerprint density at radius 2 is 1.45 bits per heavy atom. The summed E-state index contributed by atoms with van der Waals surface area (Å²) in [5, 5.41) is 3.72. The minimum Gasteiger partial charge on any atom is -0.445 e. The maximum Gasteiger partial charge on any atom is 0.434 e. The second-order valence-corrected chi connectivity index (χ2v) is 7.33. The molecule has 0 unspecified atom stereocenters. The summed E-state index contributed by atoms with van der Waals surface area (Å²) in [6.45, 7) is 5.98. The topological polar surface area (TPSA) is 77.1 Å². The standard InChI is InChI=1S/C22H28N2O5/c1-22(2,3)29-21(26)24(28-17-19-12-8-5-9-13-19)15-14-23-20(25)27-16-18-10-6-4-7-11-18/h4-13H,14-17H2,1-3H3,(H,23,25). The zero-order chi connectivity index (χ0) is 21.1.